The molecule has 70 valence electrons. The van der Waals surface area contributed by atoms with E-state index in [1.807, 2.05) is 0 Å². The largest absolute Gasteiger partial charge is 0.479 e. The summed E-state index contributed by atoms with van der Waals surface area (Å²) >= 11 is 0. The summed E-state index contributed by atoms with van der Waals surface area (Å²) in [7, 11) is 0. The molecule has 0 fully saturated rings. The van der Waals surface area contributed by atoms with Crippen LogP contribution in [-0.4, -0.2) is 11.1 Å². The van der Waals surface area contributed by atoms with E-state index in [-0.39, 0.29) is 5.56 Å². The van der Waals surface area contributed by atoms with Gasteiger partial charge in [-0.3, -0.25) is 0 Å². The number of hydrogen-bond acceptors (Lipinski definition) is 1. The molecule has 0 spiro atoms. The van der Waals surface area contributed by atoms with E-state index in [4.69, 9.17) is 5.11 Å². The maximum Gasteiger partial charge on any atom is 0.345 e. The van der Waals surface area contributed by atoms with Gasteiger partial charge in [0.15, 0.2) is 0 Å². The van der Waals surface area contributed by atoms with E-state index in [2.05, 4.69) is 0 Å². The Morgan fingerprint density at radius 2 is 1.85 bits per heavy atom. The molecule has 0 saturated heterocycles. The fourth-order valence-corrected chi connectivity index (χ4v) is 0.886. The minimum absolute atomic E-state index is 0.0681. The Kier molecular flexibility index (Phi) is 2.32. The predicted molar refractivity (Wildman–Crippen MR) is 42.5 cm³/mol. The van der Waals surface area contributed by atoms with Crippen molar-refractivity contribution in [2.75, 3.05) is 0 Å². The summed E-state index contributed by atoms with van der Waals surface area (Å²) in [5.74, 6) is -2.11. The van der Waals surface area contributed by atoms with Crippen molar-refractivity contribution in [1.82, 2.24) is 0 Å². The van der Waals surface area contributed by atoms with Crippen LogP contribution in [0.3, 0.4) is 0 Å². The van der Waals surface area contributed by atoms with Crippen LogP contribution in [0.4, 0.5) is 8.78 Å². The topological polar surface area (TPSA) is 37.3 Å². The van der Waals surface area contributed by atoms with Crippen molar-refractivity contribution in [2.45, 2.75) is 12.6 Å². The summed E-state index contributed by atoms with van der Waals surface area (Å²) < 4.78 is 25.8. The summed E-state index contributed by atoms with van der Waals surface area (Å²) in [6, 6.07) is 4.28. The van der Waals surface area contributed by atoms with Crippen molar-refractivity contribution in [3.63, 3.8) is 0 Å². The van der Waals surface area contributed by atoms with E-state index in [1.54, 1.807) is 0 Å². The third kappa shape index (κ3) is 1.83. The molecule has 0 saturated carbocycles. The Morgan fingerprint density at radius 1 is 1.38 bits per heavy atom. The summed E-state index contributed by atoms with van der Waals surface area (Å²) in [6.45, 7) is 0.919. The van der Waals surface area contributed by atoms with E-state index < -0.39 is 17.5 Å². The number of hydrogen-bond donors (Lipinski definition) is 1. The molecule has 1 rings (SSSR count). The molecule has 2 nitrogen and oxygen atoms in total. The molecule has 0 aliphatic heterocycles. The highest BCUT2D eigenvalue weighted by Gasteiger charge is 2.34. The van der Waals surface area contributed by atoms with Gasteiger partial charge in [-0.15, -0.1) is 0 Å². The number of rotatable bonds is 2. The van der Waals surface area contributed by atoms with Gasteiger partial charge in [-0.25, -0.2) is 13.6 Å². The average Bonchev–Trinajstić information content (AvgIpc) is 2.04. The van der Waals surface area contributed by atoms with Crippen LogP contribution >= 0.6 is 0 Å². The number of benzene rings is 1. The van der Waals surface area contributed by atoms with Gasteiger partial charge in [0.05, 0.1) is 0 Å². The molecule has 1 atom stereocenters. The minimum atomic E-state index is -2.46. The van der Waals surface area contributed by atoms with Crippen LogP contribution in [0.25, 0.3) is 0 Å². The van der Waals surface area contributed by atoms with Gasteiger partial charge in [0, 0.05) is 5.56 Å². The molecule has 0 bridgehead atoms. The second kappa shape index (κ2) is 3.12. The molecule has 0 aliphatic rings. The molecule has 0 aliphatic carbocycles. The standard InChI is InChI=1S/C9H8F2O2/c1-9(11,8(12)13)6-2-4-7(10)5-3-6/h2-5H,1H3,(H,12,13). The van der Waals surface area contributed by atoms with Crippen LogP contribution in [0.5, 0.6) is 0 Å². The molecule has 0 radical (unpaired) electrons. The fourth-order valence-electron chi connectivity index (χ4n) is 0.886. The normalized spacial score (nSPS) is 15.0. The smallest absolute Gasteiger partial charge is 0.345 e. The van der Waals surface area contributed by atoms with Gasteiger partial charge in [-0.1, -0.05) is 12.1 Å². The van der Waals surface area contributed by atoms with Gasteiger partial charge in [0.1, 0.15) is 5.82 Å². The van der Waals surface area contributed by atoms with Crippen molar-refractivity contribution in [1.29, 1.82) is 0 Å². The Balaban J connectivity index is 3.08. The zero-order valence-corrected chi connectivity index (χ0v) is 6.92. The van der Waals surface area contributed by atoms with Crippen molar-refractivity contribution >= 4 is 5.97 Å². The SMILES string of the molecule is CC(F)(C(=O)O)c1ccc(F)cc1. The summed E-state index contributed by atoms with van der Waals surface area (Å²) in [4.78, 5) is 10.4. The average molecular weight is 186 g/mol. The van der Waals surface area contributed by atoms with Crippen molar-refractivity contribution in [3.8, 4) is 0 Å². The van der Waals surface area contributed by atoms with Crippen LogP contribution in [0, 0.1) is 5.82 Å². The fraction of sp³-hybridized carbons (Fsp3) is 0.222. The molecule has 1 aromatic rings. The predicted octanol–water partition coefficient (Wildman–Crippen LogP) is 2.10. The number of aliphatic carboxylic acids is 1. The Morgan fingerprint density at radius 3 is 2.23 bits per heavy atom. The van der Waals surface area contributed by atoms with E-state index in [1.165, 1.54) is 0 Å². The highest BCUT2D eigenvalue weighted by molar-refractivity contribution is 5.78. The molecule has 1 aromatic carbocycles. The van der Waals surface area contributed by atoms with Gasteiger partial charge in [0.25, 0.3) is 0 Å². The number of halogens is 2. The Labute approximate surface area is 73.8 Å². The van der Waals surface area contributed by atoms with Gasteiger partial charge < -0.3 is 5.11 Å². The Bertz CT molecular complexity index is 317. The zero-order valence-electron chi connectivity index (χ0n) is 6.92. The molecule has 0 amide bonds. The second-order valence-corrected chi connectivity index (χ2v) is 2.82. The number of carboxylic acids is 1. The van der Waals surface area contributed by atoms with E-state index >= 15 is 0 Å². The van der Waals surface area contributed by atoms with Gasteiger partial charge in [0.2, 0.25) is 5.67 Å². The third-order valence-electron chi connectivity index (χ3n) is 1.79. The summed E-state index contributed by atoms with van der Waals surface area (Å²) in [6.07, 6.45) is 0. The summed E-state index contributed by atoms with van der Waals surface area (Å²) in [5.41, 5.74) is -2.53. The summed E-state index contributed by atoms with van der Waals surface area (Å²) in [5, 5.41) is 8.50. The molecule has 13 heavy (non-hydrogen) atoms. The first kappa shape index (κ1) is 9.64. The molecule has 1 N–H and O–H groups in total. The Hall–Kier alpha value is -1.45. The van der Waals surface area contributed by atoms with Crippen LogP contribution in [-0.2, 0) is 10.5 Å². The molecule has 0 heterocycles. The lowest BCUT2D eigenvalue weighted by molar-refractivity contribution is -0.150. The number of alkyl halides is 1. The zero-order chi connectivity index (χ0) is 10.1. The van der Waals surface area contributed by atoms with Gasteiger partial charge in [-0.2, -0.15) is 0 Å². The van der Waals surface area contributed by atoms with Crippen molar-refractivity contribution in [2.24, 2.45) is 0 Å². The van der Waals surface area contributed by atoms with Crippen LogP contribution in [0.1, 0.15) is 12.5 Å². The monoisotopic (exact) mass is 186 g/mol. The number of carbonyl (C=O) groups is 1. The molecule has 0 aromatic heterocycles. The molecule has 1 unspecified atom stereocenters. The first-order chi connectivity index (χ1) is 5.94. The van der Waals surface area contributed by atoms with E-state index in [0.717, 1.165) is 31.2 Å². The lowest BCUT2D eigenvalue weighted by atomic mass is 9.98. The minimum Gasteiger partial charge on any atom is -0.479 e. The highest BCUT2D eigenvalue weighted by Crippen LogP contribution is 2.25. The van der Waals surface area contributed by atoms with Crippen LogP contribution in [0.15, 0.2) is 24.3 Å². The molecule has 4 heteroatoms. The quantitative estimate of drug-likeness (QED) is 0.767. The lowest BCUT2D eigenvalue weighted by Gasteiger charge is -2.14. The first-order valence-corrected chi connectivity index (χ1v) is 3.63. The number of carboxylic acid groups (broad SMARTS) is 1. The van der Waals surface area contributed by atoms with Gasteiger partial charge in [-0.05, 0) is 19.1 Å². The lowest BCUT2D eigenvalue weighted by Crippen LogP contribution is -2.26. The van der Waals surface area contributed by atoms with Crippen molar-refractivity contribution in [3.05, 3.63) is 35.6 Å². The van der Waals surface area contributed by atoms with Crippen LogP contribution < -0.4 is 0 Å². The molecular formula is C9H8F2O2. The van der Waals surface area contributed by atoms with Crippen LogP contribution in [0.2, 0.25) is 0 Å². The van der Waals surface area contributed by atoms with Crippen molar-refractivity contribution < 1.29 is 18.7 Å². The maximum absolute atomic E-state index is 13.4. The maximum atomic E-state index is 13.4. The van der Waals surface area contributed by atoms with E-state index in [0.29, 0.717) is 0 Å². The van der Waals surface area contributed by atoms with Gasteiger partial charge >= 0.3 is 5.97 Å². The molecular weight excluding hydrogens is 178 g/mol. The first-order valence-electron chi connectivity index (χ1n) is 3.63. The second-order valence-electron chi connectivity index (χ2n) is 2.82. The third-order valence-corrected chi connectivity index (χ3v) is 1.79. The highest BCUT2D eigenvalue weighted by atomic mass is 19.1. The van der Waals surface area contributed by atoms with E-state index in [9.17, 15) is 13.6 Å².